The van der Waals surface area contributed by atoms with Gasteiger partial charge in [-0.05, 0) is 26.5 Å². The van der Waals surface area contributed by atoms with E-state index < -0.39 is 0 Å². The maximum atomic E-state index is 5.85. The number of ether oxygens (including phenoxy) is 1. The van der Waals surface area contributed by atoms with Crippen molar-refractivity contribution in [3.05, 3.63) is 45.9 Å². The Hall–Kier alpha value is -1.39. The Balaban J connectivity index is 2.18. The molecule has 1 unspecified atom stereocenters. The molecule has 0 aliphatic rings. The molecule has 0 aliphatic heterocycles. The predicted octanol–water partition coefficient (Wildman–Crippen LogP) is 3.74. The third kappa shape index (κ3) is 3.81. The number of benzene rings is 1. The topological polar surface area (TPSA) is 34.1 Å². The average molecular weight is 290 g/mol. The van der Waals surface area contributed by atoms with Gasteiger partial charge in [-0.2, -0.15) is 0 Å². The zero-order valence-corrected chi connectivity index (χ0v) is 13.2. The molecule has 1 heterocycles. The number of thiazole rings is 1. The van der Waals surface area contributed by atoms with Crippen LogP contribution in [0.1, 0.15) is 35.7 Å². The smallest absolute Gasteiger partial charge is 0.124 e. The van der Waals surface area contributed by atoms with E-state index >= 15 is 0 Å². The number of hydrogen-bond acceptors (Lipinski definition) is 4. The van der Waals surface area contributed by atoms with E-state index in [1.54, 1.807) is 11.3 Å². The fourth-order valence-electron chi connectivity index (χ4n) is 2.19. The van der Waals surface area contributed by atoms with Crippen molar-refractivity contribution in [2.45, 2.75) is 32.7 Å². The van der Waals surface area contributed by atoms with Crippen LogP contribution in [0.4, 0.5) is 0 Å². The van der Waals surface area contributed by atoms with Crippen LogP contribution in [0.2, 0.25) is 0 Å². The van der Waals surface area contributed by atoms with Gasteiger partial charge in [0, 0.05) is 23.4 Å². The van der Waals surface area contributed by atoms with Gasteiger partial charge in [0.25, 0.3) is 0 Å². The van der Waals surface area contributed by atoms with Crippen LogP contribution in [0.5, 0.6) is 5.75 Å². The maximum Gasteiger partial charge on any atom is 0.124 e. The molecule has 0 aliphatic carbocycles. The van der Waals surface area contributed by atoms with E-state index in [0.29, 0.717) is 0 Å². The predicted molar refractivity (Wildman–Crippen MR) is 84.6 cm³/mol. The molecule has 0 saturated carbocycles. The van der Waals surface area contributed by atoms with E-state index in [1.807, 2.05) is 26.1 Å². The molecule has 108 valence electrons. The molecular formula is C16H22N2OS. The number of aryl methyl sites for hydroxylation is 1. The lowest BCUT2D eigenvalue weighted by Gasteiger charge is -2.19. The summed E-state index contributed by atoms with van der Waals surface area (Å²) in [6.45, 7) is 4.92. The van der Waals surface area contributed by atoms with Crippen molar-refractivity contribution in [2.75, 3.05) is 13.7 Å². The highest BCUT2D eigenvalue weighted by Crippen LogP contribution is 2.28. The van der Waals surface area contributed by atoms with Gasteiger partial charge in [-0.3, -0.25) is 0 Å². The quantitative estimate of drug-likeness (QED) is 0.843. The van der Waals surface area contributed by atoms with Crippen molar-refractivity contribution in [2.24, 2.45) is 0 Å². The fourth-order valence-corrected chi connectivity index (χ4v) is 2.82. The number of aromatic nitrogens is 1. The molecule has 1 aromatic heterocycles. The van der Waals surface area contributed by atoms with Gasteiger partial charge in [0.1, 0.15) is 5.75 Å². The van der Waals surface area contributed by atoms with Crippen LogP contribution >= 0.6 is 11.3 Å². The average Bonchev–Trinajstić information content (AvgIpc) is 2.88. The van der Waals surface area contributed by atoms with Crippen LogP contribution < -0.4 is 10.1 Å². The van der Waals surface area contributed by atoms with E-state index in [0.717, 1.165) is 35.9 Å². The Kier molecular flexibility index (Phi) is 5.56. The van der Waals surface area contributed by atoms with Crippen molar-refractivity contribution in [3.63, 3.8) is 0 Å². The normalized spacial score (nSPS) is 12.3. The number of hydrogen-bond donors (Lipinski definition) is 1. The Morgan fingerprint density at radius 1 is 1.35 bits per heavy atom. The van der Waals surface area contributed by atoms with Gasteiger partial charge >= 0.3 is 0 Å². The summed E-state index contributed by atoms with van der Waals surface area (Å²) in [6, 6.07) is 8.48. The zero-order chi connectivity index (χ0) is 14.4. The molecule has 0 spiro atoms. The summed E-state index contributed by atoms with van der Waals surface area (Å²) >= 11 is 1.70. The van der Waals surface area contributed by atoms with Crippen molar-refractivity contribution in [3.8, 4) is 5.75 Å². The fraction of sp³-hybridized carbons (Fsp3) is 0.438. The molecule has 0 fully saturated rings. The maximum absolute atomic E-state index is 5.85. The number of rotatable bonds is 7. The summed E-state index contributed by atoms with van der Waals surface area (Å²) in [5, 5.41) is 6.63. The highest BCUT2D eigenvalue weighted by Gasteiger charge is 2.16. The molecule has 0 bridgehead atoms. The Morgan fingerprint density at radius 2 is 2.15 bits per heavy atom. The molecule has 1 N–H and O–H groups in total. The van der Waals surface area contributed by atoms with Gasteiger partial charge < -0.3 is 10.1 Å². The second kappa shape index (κ2) is 7.41. The van der Waals surface area contributed by atoms with Crippen molar-refractivity contribution < 1.29 is 4.74 Å². The highest BCUT2D eigenvalue weighted by atomic mass is 32.1. The summed E-state index contributed by atoms with van der Waals surface area (Å²) in [7, 11) is 1.99. The van der Waals surface area contributed by atoms with Crippen molar-refractivity contribution >= 4 is 11.3 Å². The third-order valence-corrected chi connectivity index (χ3v) is 4.01. The first-order valence-electron chi connectivity index (χ1n) is 7.04. The van der Waals surface area contributed by atoms with Gasteiger partial charge in [-0.1, -0.05) is 25.1 Å². The Bertz CT molecular complexity index is 539. The van der Waals surface area contributed by atoms with Crippen LogP contribution in [-0.4, -0.2) is 18.6 Å². The first-order chi connectivity index (χ1) is 9.74. The van der Waals surface area contributed by atoms with E-state index in [1.165, 1.54) is 5.56 Å². The summed E-state index contributed by atoms with van der Waals surface area (Å²) in [4.78, 5) is 4.55. The molecule has 0 radical (unpaired) electrons. The monoisotopic (exact) mass is 290 g/mol. The zero-order valence-electron chi connectivity index (χ0n) is 12.3. The first kappa shape index (κ1) is 15.0. The van der Waals surface area contributed by atoms with Crippen LogP contribution in [0.3, 0.4) is 0 Å². The van der Waals surface area contributed by atoms with E-state index in [4.69, 9.17) is 4.74 Å². The number of likely N-dealkylation sites (N-methyl/N-ethyl adjacent to an activating group) is 1. The summed E-state index contributed by atoms with van der Waals surface area (Å²) in [6.07, 6.45) is 1.90. The van der Waals surface area contributed by atoms with Gasteiger partial charge in [0.15, 0.2) is 0 Å². The molecule has 2 rings (SSSR count). The van der Waals surface area contributed by atoms with Gasteiger partial charge in [-0.25, -0.2) is 4.98 Å². The SMILES string of the molecule is CCCOc1ccccc1C(Cc1csc(C)n1)NC. The molecule has 20 heavy (non-hydrogen) atoms. The molecule has 0 saturated heterocycles. The summed E-state index contributed by atoms with van der Waals surface area (Å²) < 4.78 is 5.85. The molecule has 1 atom stereocenters. The lowest BCUT2D eigenvalue weighted by Crippen LogP contribution is -2.20. The van der Waals surface area contributed by atoms with Gasteiger partial charge in [0.2, 0.25) is 0 Å². The summed E-state index contributed by atoms with van der Waals surface area (Å²) in [5.41, 5.74) is 2.34. The van der Waals surface area contributed by atoms with Gasteiger partial charge in [0.05, 0.1) is 17.3 Å². The molecule has 3 nitrogen and oxygen atoms in total. The molecule has 2 aromatic rings. The number of nitrogens with one attached hydrogen (secondary N) is 1. The van der Waals surface area contributed by atoms with Crippen molar-refractivity contribution in [1.82, 2.24) is 10.3 Å². The minimum atomic E-state index is 0.226. The molecule has 4 heteroatoms. The number of para-hydroxylation sites is 1. The van der Waals surface area contributed by atoms with Crippen LogP contribution in [0, 0.1) is 6.92 Å². The van der Waals surface area contributed by atoms with Crippen LogP contribution in [0.25, 0.3) is 0 Å². The standard InChI is InChI=1S/C16H22N2OS/c1-4-9-19-16-8-6-5-7-14(16)15(17-3)10-13-11-20-12(2)18-13/h5-8,11,15,17H,4,9-10H2,1-3H3. The first-order valence-corrected chi connectivity index (χ1v) is 7.92. The molecule has 0 amide bonds. The minimum Gasteiger partial charge on any atom is -0.493 e. The Labute approximate surface area is 125 Å². The van der Waals surface area contributed by atoms with Gasteiger partial charge in [-0.15, -0.1) is 11.3 Å². The Morgan fingerprint density at radius 3 is 2.80 bits per heavy atom. The van der Waals surface area contributed by atoms with E-state index in [-0.39, 0.29) is 6.04 Å². The molecule has 1 aromatic carbocycles. The lowest BCUT2D eigenvalue weighted by molar-refractivity contribution is 0.310. The largest absolute Gasteiger partial charge is 0.493 e. The lowest BCUT2D eigenvalue weighted by atomic mass is 10.0. The van der Waals surface area contributed by atoms with E-state index in [2.05, 4.69) is 34.7 Å². The highest BCUT2D eigenvalue weighted by molar-refractivity contribution is 7.09. The van der Waals surface area contributed by atoms with Crippen LogP contribution in [-0.2, 0) is 6.42 Å². The molecular weight excluding hydrogens is 268 g/mol. The second-order valence-electron chi connectivity index (χ2n) is 4.79. The van der Waals surface area contributed by atoms with Crippen LogP contribution in [0.15, 0.2) is 29.6 Å². The minimum absolute atomic E-state index is 0.226. The second-order valence-corrected chi connectivity index (χ2v) is 5.85. The van der Waals surface area contributed by atoms with E-state index in [9.17, 15) is 0 Å². The number of nitrogens with zero attached hydrogens (tertiary/aromatic N) is 1. The summed E-state index contributed by atoms with van der Waals surface area (Å²) in [5.74, 6) is 0.973. The van der Waals surface area contributed by atoms with Crippen molar-refractivity contribution in [1.29, 1.82) is 0 Å². The third-order valence-electron chi connectivity index (χ3n) is 3.18.